The van der Waals surface area contributed by atoms with Crippen molar-refractivity contribution < 1.29 is 9.21 Å². The lowest BCUT2D eigenvalue weighted by Crippen LogP contribution is -2.39. The van der Waals surface area contributed by atoms with Crippen molar-refractivity contribution in [2.24, 2.45) is 0 Å². The minimum absolute atomic E-state index is 0.0567. The number of carbonyl (C=O) groups excluding carboxylic acids is 1. The Morgan fingerprint density at radius 3 is 2.82 bits per heavy atom. The Hall–Kier alpha value is -3.55. The molecule has 4 aromatic rings. The number of oxazole rings is 1. The predicted octanol–water partition coefficient (Wildman–Crippen LogP) is 2.37. The van der Waals surface area contributed by atoms with E-state index >= 15 is 0 Å². The van der Waals surface area contributed by atoms with Gasteiger partial charge in [-0.15, -0.1) is 0 Å². The molecule has 0 saturated carbocycles. The molecule has 1 aliphatic rings. The SMILES string of the molecule is Cc1ncc(-c2cc3cc(CC(=O)N4CCn5ccnc5C4)ncc3cn2)o1. The third kappa shape index (κ3) is 3.02. The molecule has 0 radical (unpaired) electrons. The van der Waals surface area contributed by atoms with Gasteiger partial charge < -0.3 is 13.9 Å². The molecule has 5 rings (SSSR count). The number of fused-ring (bicyclic) bond motifs is 2. The topological polar surface area (TPSA) is 89.9 Å². The summed E-state index contributed by atoms with van der Waals surface area (Å²) >= 11 is 0. The van der Waals surface area contributed by atoms with E-state index in [1.54, 1.807) is 31.7 Å². The first-order valence-electron chi connectivity index (χ1n) is 9.11. The second kappa shape index (κ2) is 6.56. The Morgan fingerprint density at radius 1 is 1.07 bits per heavy atom. The fourth-order valence-corrected chi connectivity index (χ4v) is 3.45. The minimum Gasteiger partial charge on any atom is -0.439 e. The highest BCUT2D eigenvalue weighted by molar-refractivity contribution is 5.85. The lowest BCUT2D eigenvalue weighted by Gasteiger charge is -2.27. The maximum absolute atomic E-state index is 12.7. The first-order valence-corrected chi connectivity index (χ1v) is 9.11. The van der Waals surface area contributed by atoms with Crippen molar-refractivity contribution in [2.75, 3.05) is 6.54 Å². The van der Waals surface area contributed by atoms with Crippen molar-refractivity contribution >= 4 is 16.7 Å². The number of carbonyl (C=O) groups is 1. The standard InChI is InChI=1S/C20H18N6O2/c1-13-22-11-18(28-13)17-7-14-6-16(23-9-15(14)10-24-17)8-20(27)26-5-4-25-3-2-21-19(25)12-26/h2-3,6-7,9-11H,4-5,8,12H2,1H3. The minimum atomic E-state index is 0.0567. The molecule has 0 atom stereocenters. The van der Waals surface area contributed by atoms with E-state index in [1.165, 1.54) is 0 Å². The van der Waals surface area contributed by atoms with Crippen LogP contribution in [0.5, 0.6) is 0 Å². The van der Waals surface area contributed by atoms with E-state index in [4.69, 9.17) is 4.42 Å². The van der Waals surface area contributed by atoms with Gasteiger partial charge in [-0.2, -0.15) is 0 Å². The molecule has 140 valence electrons. The zero-order chi connectivity index (χ0) is 19.1. The number of aryl methyl sites for hydroxylation is 1. The summed E-state index contributed by atoms with van der Waals surface area (Å²) in [6.45, 7) is 3.80. The summed E-state index contributed by atoms with van der Waals surface area (Å²) in [5.74, 6) is 2.20. The van der Waals surface area contributed by atoms with Crippen LogP contribution in [0.2, 0.25) is 0 Å². The molecule has 28 heavy (non-hydrogen) atoms. The molecule has 1 amide bonds. The number of imidazole rings is 1. The zero-order valence-electron chi connectivity index (χ0n) is 15.4. The first kappa shape index (κ1) is 16.6. The van der Waals surface area contributed by atoms with Gasteiger partial charge in [0.1, 0.15) is 11.5 Å². The van der Waals surface area contributed by atoms with E-state index in [-0.39, 0.29) is 12.3 Å². The Labute approximate surface area is 160 Å². The van der Waals surface area contributed by atoms with Gasteiger partial charge >= 0.3 is 0 Å². The molecule has 0 saturated heterocycles. The molecule has 0 spiro atoms. The predicted molar refractivity (Wildman–Crippen MR) is 101 cm³/mol. The van der Waals surface area contributed by atoms with Gasteiger partial charge in [-0.1, -0.05) is 0 Å². The molecule has 0 bridgehead atoms. The van der Waals surface area contributed by atoms with Crippen LogP contribution in [-0.2, 0) is 24.3 Å². The average Bonchev–Trinajstić information content (AvgIpc) is 3.35. The Morgan fingerprint density at radius 2 is 1.96 bits per heavy atom. The van der Waals surface area contributed by atoms with E-state index in [2.05, 4.69) is 24.5 Å². The lowest BCUT2D eigenvalue weighted by atomic mass is 10.1. The van der Waals surface area contributed by atoms with Crippen molar-refractivity contribution in [2.45, 2.75) is 26.4 Å². The van der Waals surface area contributed by atoms with E-state index in [0.29, 0.717) is 30.4 Å². The number of pyridine rings is 2. The highest BCUT2D eigenvalue weighted by atomic mass is 16.4. The molecular weight excluding hydrogens is 356 g/mol. The van der Waals surface area contributed by atoms with Crippen LogP contribution in [0, 0.1) is 6.92 Å². The van der Waals surface area contributed by atoms with E-state index in [0.717, 1.165) is 28.8 Å². The number of hydrogen-bond acceptors (Lipinski definition) is 6. The summed E-state index contributed by atoms with van der Waals surface area (Å²) in [6, 6.07) is 3.87. The van der Waals surface area contributed by atoms with Crippen LogP contribution in [0.1, 0.15) is 17.4 Å². The normalized spacial score (nSPS) is 13.7. The highest BCUT2D eigenvalue weighted by Crippen LogP contribution is 2.23. The fraction of sp³-hybridized carbons (Fsp3) is 0.250. The quantitative estimate of drug-likeness (QED) is 0.547. The smallest absolute Gasteiger partial charge is 0.229 e. The van der Waals surface area contributed by atoms with Gasteiger partial charge in [-0.25, -0.2) is 9.97 Å². The Bertz CT molecular complexity index is 1180. The summed E-state index contributed by atoms with van der Waals surface area (Å²) < 4.78 is 7.64. The largest absolute Gasteiger partial charge is 0.439 e. The third-order valence-corrected chi connectivity index (χ3v) is 4.96. The van der Waals surface area contributed by atoms with Gasteiger partial charge in [0, 0.05) is 50.2 Å². The second-order valence-electron chi connectivity index (χ2n) is 6.86. The summed E-state index contributed by atoms with van der Waals surface area (Å²) in [6.07, 6.45) is 9.15. The number of amides is 1. The van der Waals surface area contributed by atoms with Crippen LogP contribution >= 0.6 is 0 Å². The van der Waals surface area contributed by atoms with Crippen LogP contribution in [-0.4, -0.2) is 41.9 Å². The zero-order valence-corrected chi connectivity index (χ0v) is 15.4. The fourth-order valence-electron chi connectivity index (χ4n) is 3.45. The molecule has 4 aromatic heterocycles. The van der Waals surface area contributed by atoms with Crippen LogP contribution in [0.25, 0.3) is 22.2 Å². The lowest BCUT2D eigenvalue weighted by molar-refractivity contribution is -0.132. The second-order valence-corrected chi connectivity index (χ2v) is 6.86. The van der Waals surface area contributed by atoms with Crippen molar-refractivity contribution in [3.8, 4) is 11.5 Å². The average molecular weight is 374 g/mol. The number of hydrogen-bond donors (Lipinski definition) is 0. The molecule has 8 heteroatoms. The molecule has 0 fully saturated rings. The van der Waals surface area contributed by atoms with Crippen molar-refractivity contribution in [1.82, 2.24) is 29.4 Å². The van der Waals surface area contributed by atoms with Gasteiger partial charge in [-0.05, 0) is 17.5 Å². The number of aromatic nitrogens is 5. The number of nitrogens with zero attached hydrogens (tertiary/aromatic N) is 6. The van der Waals surface area contributed by atoms with Gasteiger partial charge in [0.05, 0.1) is 24.9 Å². The van der Waals surface area contributed by atoms with Crippen molar-refractivity contribution in [1.29, 1.82) is 0 Å². The summed E-state index contributed by atoms with van der Waals surface area (Å²) in [4.78, 5) is 31.9. The monoisotopic (exact) mass is 374 g/mol. The van der Waals surface area contributed by atoms with Crippen molar-refractivity contribution in [3.05, 3.63) is 60.5 Å². The summed E-state index contributed by atoms with van der Waals surface area (Å²) in [5.41, 5.74) is 1.44. The molecule has 8 nitrogen and oxygen atoms in total. The van der Waals surface area contributed by atoms with Gasteiger partial charge in [0.15, 0.2) is 11.7 Å². The van der Waals surface area contributed by atoms with Crippen LogP contribution < -0.4 is 0 Å². The molecule has 0 aromatic carbocycles. The highest BCUT2D eigenvalue weighted by Gasteiger charge is 2.21. The van der Waals surface area contributed by atoms with E-state index in [9.17, 15) is 4.79 Å². The Balaban J connectivity index is 1.38. The molecule has 5 heterocycles. The van der Waals surface area contributed by atoms with Gasteiger partial charge in [0.2, 0.25) is 5.91 Å². The van der Waals surface area contributed by atoms with Crippen LogP contribution in [0.15, 0.2) is 47.5 Å². The van der Waals surface area contributed by atoms with Crippen LogP contribution in [0.4, 0.5) is 0 Å². The summed E-state index contributed by atoms with van der Waals surface area (Å²) in [7, 11) is 0. The maximum atomic E-state index is 12.7. The molecule has 0 unspecified atom stereocenters. The number of rotatable bonds is 3. The molecule has 1 aliphatic heterocycles. The summed E-state index contributed by atoms with van der Waals surface area (Å²) in [5, 5.41) is 1.88. The van der Waals surface area contributed by atoms with E-state index < -0.39 is 0 Å². The molecule has 0 N–H and O–H groups in total. The molecular formula is C20H18N6O2. The van der Waals surface area contributed by atoms with Gasteiger partial charge in [-0.3, -0.25) is 14.8 Å². The van der Waals surface area contributed by atoms with E-state index in [1.807, 2.05) is 23.2 Å². The first-order chi connectivity index (χ1) is 13.7. The van der Waals surface area contributed by atoms with Crippen molar-refractivity contribution in [3.63, 3.8) is 0 Å². The van der Waals surface area contributed by atoms with Crippen LogP contribution in [0.3, 0.4) is 0 Å². The third-order valence-electron chi connectivity index (χ3n) is 4.96. The molecule has 0 aliphatic carbocycles. The maximum Gasteiger partial charge on any atom is 0.229 e. The van der Waals surface area contributed by atoms with Gasteiger partial charge in [0.25, 0.3) is 0 Å². The Kier molecular flexibility index (Phi) is 3.89.